The van der Waals surface area contributed by atoms with Crippen LogP contribution in [0.5, 0.6) is 0 Å². The van der Waals surface area contributed by atoms with Crippen LogP contribution in [-0.4, -0.2) is 35.8 Å². The van der Waals surface area contributed by atoms with Crippen molar-refractivity contribution in [2.24, 2.45) is 10.7 Å². The lowest BCUT2D eigenvalue weighted by Gasteiger charge is -2.25. The molecule has 0 fully saturated rings. The first-order chi connectivity index (χ1) is 10.9. The van der Waals surface area contributed by atoms with E-state index in [0.29, 0.717) is 11.3 Å². The van der Waals surface area contributed by atoms with Crippen molar-refractivity contribution in [2.45, 2.75) is 0 Å². The van der Waals surface area contributed by atoms with E-state index in [1.165, 1.54) is 12.1 Å². The summed E-state index contributed by atoms with van der Waals surface area (Å²) in [5.74, 6) is -2.36. The van der Waals surface area contributed by atoms with Gasteiger partial charge in [-0.2, -0.15) is 0 Å². The minimum absolute atomic E-state index is 0.197. The summed E-state index contributed by atoms with van der Waals surface area (Å²) in [6.45, 7) is -0.340. The molecule has 8 N–H and O–H groups in total. The number of aliphatic imine (C=N–C) groups is 1. The predicted octanol–water partition coefficient (Wildman–Crippen LogP) is -3.64. The Morgan fingerprint density at radius 1 is 1.48 bits per heavy atom. The lowest BCUT2D eigenvalue weighted by molar-refractivity contribution is -0.767. The molecule has 0 aliphatic carbocycles. The van der Waals surface area contributed by atoms with E-state index < -0.39 is 28.3 Å². The van der Waals surface area contributed by atoms with Crippen molar-refractivity contribution >= 4 is 29.7 Å². The highest BCUT2D eigenvalue weighted by Crippen LogP contribution is 2.12. The molecule has 23 heavy (non-hydrogen) atoms. The highest BCUT2D eigenvalue weighted by Gasteiger charge is 2.33. The molecule has 0 aromatic heterocycles. The maximum absolute atomic E-state index is 12.0. The number of nitrogens with zero attached hydrogens (tertiary/aromatic N) is 1. The molecule has 0 spiro atoms. The number of carbonyl (C=O) groups excluding carboxylic acids is 2. The Hall–Kier alpha value is -3.24. The molecule has 1 heterocycles. The van der Waals surface area contributed by atoms with Crippen LogP contribution in [-0.2, 0) is 9.59 Å². The number of aliphatic hydroxyl groups is 1. The maximum Gasteiger partial charge on any atom is 0.356 e. The SMILES string of the molecule is NC=NC(=[NH2+])c1ccc(NC(=O)C2=C(O)NC[NH+]([O-])C2=O)cc1. The molecule has 0 radical (unpaired) electrons. The summed E-state index contributed by atoms with van der Waals surface area (Å²) in [5.41, 5.74) is 5.44. The van der Waals surface area contributed by atoms with E-state index in [0.717, 1.165) is 6.34 Å². The van der Waals surface area contributed by atoms with Crippen molar-refractivity contribution in [3.8, 4) is 0 Å². The second-order valence-corrected chi connectivity index (χ2v) is 4.52. The number of anilines is 1. The topological polar surface area (TPSA) is 170 Å². The average Bonchev–Trinajstić information content (AvgIpc) is 2.52. The van der Waals surface area contributed by atoms with Gasteiger partial charge in [0.05, 0.1) is 5.56 Å². The molecule has 0 saturated heterocycles. The Morgan fingerprint density at radius 2 is 2.13 bits per heavy atom. The molecular formula is C13H15N6O4+. The van der Waals surface area contributed by atoms with E-state index in [4.69, 9.17) is 11.1 Å². The second-order valence-electron chi connectivity index (χ2n) is 4.52. The van der Waals surface area contributed by atoms with Gasteiger partial charge in [-0.1, -0.05) is 0 Å². The van der Waals surface area contributed by atoms with Gasteiger partial charge in [-0.25, -0.2) is 4.79 Å². The number of aliphatic hydroxyl groups excluding tert-OH is 1. The Kier molecular flexibility index (Phi) is 4.69. The second kappa shape index (κ2) is 6.68. The third-order valence-corrected chi connectivity index (χ3v) is 3.01. The molecule has 1 unspecified atom stereocenters. The molecule has 2 amide bonds. The van der Waals surface area contributed by atoms with E-state index >= 15 is 0 Å². The van der Waals surface area contributed by atoms with Crippen LogP contribution in [0.4, 0.5) is 5.69 Å². The first-order valence-corrected chi connectivity index (χ1v) is 6.47. The minimum atomic E-state index is -1.04. The Labute approximate surface area is 130 Å². The fraction of sp³-hybridized carbons (Fsp3) is 0.0769. The molecule has 1 aromatic carbocycles. The molecule has 10 heteroatoms. The van der Waals surface area contributed by atoms with Crippen LogP contribution in [0.1, 0.15) is 5.56 Å². The van der Waals surface area contributed by atoms with Gasteiger partial charge in [-0.3, -0.25) is 15.3 Å². The van der Waals surface area contributed by atoms with Gasteiger partial charge in [0.1, 0.15) is 0 Å². The monoisotopic (exact) mass is 319 g/mol. The van der Waals surface area contributed by atoms with Gasteiger partial charge in [-0.15, -0.1) is 0 Å². The van der Waals surface area contributed by atoms with Crippen molar-refractivity contribution in [3.05, 3.63) is 46.5 Å². The Morgan fingerprint density at radius 3 is 2.74 bits per heavy atom. The van der Waals surface area contributed by atoms with Crippen LogP contribution in [0.15, 0.2) is 40.7 Å². The largest absolute Gasteiger partial charge is 0.625 e. The van der Waals surface area contributed by atoms with Gasteiger partial charge < -0.3 is 26.7 Å². The number of benzene rings is 1. The third-order valence-electron chi connectivity index (χ3n) is 3.01. The number of quaternary nitrogens is 1. The van der Waals surface area contributed by atoms with Crippen LogP contribution in [0.25, 0.3) is 0 Å². The standard InChI is InChI=1S/C13H14N6O4/c14-5-16-10(15)7-1-3-8(4-2-7)18-12(21)9-11(20)17-6-19(23)13(9)22/h1-5,17,19-20H,6H2,(H,18,21)(H3,14,15,16)/p+1. The first-order valence-electron chi connectivity index (χ1n) is 6.47. The van der Waals surface area contributed by atoms with E-state index in [1.807, 2.05) is 0 Å². The summed E-state index contributed by atoms with van der Waals surface area (Å²) < 4.78 is 0. The van der Waals surface area contributed by atoms with E-state index in [-0.39, 0.29) is 12.5 Å². The molecule has 1 aliphatic rings. The molecule has 1 aromatic rings. The number of carbonyl (C=O) groups is 2. The number of rotatable bonds is 3. The zero-order valence-electron chi connectivity index (χ0n) is 11.9. The number of amidine groups is 1. The highest BCUT2D eigenvalue weighted by atomic mass is 16.5. The first kappa shape index (κ1) is 16.1. The highest BCUT2D eigenvalue weighted by molar-refractivity contribution is 6.21. The fourth-order valence-electron chi connectivity index (χ4n) is 1.86. The van der Waals surface area contributed by atoms with Gasteiger partial charge in [0.2, 0.25) is 17.8 Å². The number of amides is 2. The quantitative estimate of drug-likeness (QED) is 0.145. The van der Waals surface area contributed by atoms with Crippen molar-refractivity contribution in [3.63, 3.8) is 0 Å². The van der Waals surface area contributed by atoms with Gasteiger partial charge in [0.15, 0.2) is 6.67 Å². The zero-order chi connectivity index (χ0) is 17.0. The summed E-state index contributed by atoms with van der Waals surface area (Å²) in [7, 11) is 0. The Balaban J connectivity index is 2.14. The molecular weight excluding hydrogens is 304 g/mol. The number of hydroxylamine groups is 2. The zero-order valence-corrected chi connectivity index (χ0v) is 11.9. The van der Waals surface area contributed by atoms with Crippen molar-refractivity contribution in [2.75, 3.05) is 12.0 Å². The van der Waals surface area contributed by atoms with Gasteiger partial charge in [-0.05, 0) is 29.3 Å². The van der Waals surface area contributed by atoms with E-state index in [1.54, 1.807) is 12.1 Å². The number of hydrogen-bond donors (Lipinski definition) is 6. The van der Waals surface area contributed by atoms with Crippen molar-refractivity contribution in [1.82, 2.24) is 5.32 Å². The van der Waals surface area contributed by atoms with Crippen LogP contribution < -0.4 is 26.8 Å². The fourth-order valence-corrected chi connectivity index (χ4v) is 1.86. The van der Waals surface area contributed by atoms with Gasteiger partial charge in [0.25, 0.3) is 5.91 Å². The maximum atomic E-state index is 12.0. The summed E-state index contributed by atoms with van der Waals surface area (Å²) in [6, 6.07) is 6.20. The smallest absolute Gasteiger partial charge is 0.356 e. The van der Waals surface area contributed by atoms with Gasteiger partial charge in [0, 0.05) is 5.69 Å². The summed E-state index contributed by atoms with van der Waals surface area (Å²) in [6.07, 6.45) is 1.05. The van der Waals surface area contributed by atoms with E-state index in [9.17, 15) is 19.9 Å². The normalized spacial score (nSPS) is 18.0. The van der Waals surface area contributed by atoms with Crippen LogP contribution in [0.3, 0.4) is 0 Å². The van der Waals surface area contributed by atoms with Crippen LogP contribution >= 0.6 is 0 Å². The third kappa shape index (κ3) is 3.51. The van der Waals surface area contributed by atoms with E-state index in [2.05, 4.69) is 15.6 Å². The lowest BCUT2D eigenvalue weighted by Crippen LogP contribution is -3.13. The molecule has 120 valence electrons. The molecule has 0 saturated carbocycles. The van der Waals surface area contributed by atoms with Crippen molar-refractivity contribution in [1.29, 1.82) is 0 Å². The summed E-state index contributed by atoms with van der Waals surface area (Å²) in [5, 5.41) is 30.4. The van der Waals surface area contributed by atoms with Gasteiger partial charge >= 0.3 is 11.7 Å². The minimum Gasteiger partial charge on any atom is -0.625 e. The number of hydrogen-bond acceptors (Lipinski definition) is 5. The predicted molar refractivity (Wildman–Crippen MR) is 80.8 cm³/mol. The molecule has 1 aliphatic heterocycles. The molecule has 2 rings (SSSR count). The van der Waals surface area contributed by atoms with Crippen LogP contribution in [0.2, 0.25) is 0 Å². The summed E-state index contributed by atoms with van der Waals surface area (Å²) in [4.78, 5) is 27.4. The summed E-state index contributed by atoms with van der Waals surface area (Å²) >= 11 is 0. The molecule has 10 nitrogen and oxygen atoms in total. The Bertz CT molecular complexity index is 710. The van der Waals surface area contributed by atoms with Crippen molar-refractivity contribution < 1.29 is 25.2 Å². The molecule has 1 atom stereocenters. The number of nitrogens with two attached hydrogens (primary N) is 2. The lowest BCUT2D eigenvalue weighted by atomic mass is 10.1. The van der Waals surface area contributed by atoms with Crippen LogP contribution in [0, 0.1) is 5.21 Å². The average molecular weight is 319 g/mol. The number of nitrogens with one attached hydrogen (secondary N) is 3. The molecule has 0 bridgehead atoms.